The number of carbonyl (C=O) groups is 1. The highest BCUT2D eigenvalue weighted by Crippen LogP contribution is 2.18. The molecule has 4 rings (SSSR count). The van der Waals surface area contributed by atoms with Gasteiger partial charge < -0.3 is 10.5 Å². The Morgan fingerprint density at radius 2 is 1.74 bits per heavy atom. The van der Waals surface area contributed by atoms with Gasteiger partial charge in [0.2, 0.25) is 5.69 Å². The number of aromatic nitrogens is 5. The van der Waals surface area contributed by atoms with Crippen molar-refractivity contribution in [2.75, 3.05) is 5.32 Å². The van der Waals surface area contributed by atoms with E-state index < -0.39 is 5.91 Å². The summed E-state index contributed by atoms with van der Waals surface area (Å²) in [7, 11) is 0. The number of rotatable bonds is 4. The molecule has 0 radical (unpaired) electrons. The molecule has 0 aliphatic rings. The fraction of sp³-hybridized carbons (Fsp3) is 0.0526. The van der Waals surface area contributed by atoms with Crippen LogP contribution in [0, 0.1) is 12.1 Å². The minimum atomic E-state index is -0.456. The Balaban J connectivity index is 1.69. The largest absolute Gasteiger partial charge is 0.710 e. The molecule has 0 fully saturated rings. The van der Waals surface area contributed by atoms with Crippen LogP contribution in [-0.4, -0.2) is 25.2 Å². The SMILES string of the molecule is Cc1c(C(=O)Nc2ccccc2)[n+]([O-])cn1-c1cccc(-n2cnnc2)c1. The van der Waals surface area contributed by atoms with E-state index in [-0.39, 0.29) is 5.69 Å². The van der Waals surface area contributed by atoms with Crippen molar-refractivity contribution in [2.45, 2.75) is 6.92 Å². The van der Waals surface area contributed by atoms with Gasteiger partial charge in [0, 0.05) is 18.7 Å². The molecule has 27 heavy (non-hydrogen) atoms. The molecule has 1 amide bonds. The summed E-state index contributed by atoms with van der Waals surface area (Å²) in [6, 6.07) is 16.5. The van der Waals surface area contributed by atoms with Crippen molar-refractivity contribution in [2.24, 2.45) is 0 Å². The molecule has 0 aliphatic heterocycles. The first-order chi connectivity index (χ1) is 13.1. The molecule has 0 atom stereocenters. The first-order valence-electron chi connectivity index (χ1n) is 8.26. The first kappa shape index (κ1) is 16.5. The molecule has 4 aromatic rings. The number of benzene rings is 2. The average molecular weight is 360 g/mol. The second-order valence-corrected chi connectivity index (χ2v) is 5.95. The van der Waals surface area contributed by atoms with Gasteiger partial charge in [0.1, 0.15) is 18.3 Å². The number of nitrogens with zero attached hydrogens (tertiary/aromatic N) is 5. The van der Waals surface area contributed by atoms with Crippen molar-refractivity contribution < 1.29 is 9.52 Å². The Morgan fingerprint density at radius 1 is 1.04 bits per heavy atom. The van der Waals surface area contributed by atoms with Crippen LogP contribution in [0.3, 0.4) is 0 Å². The van der Waals surface area contributed by atoms with E-state index in [2.05, 4.69) is 15.5 Å². The van der Waals surface area contributed by atoms with Gasteiger partial charge in [-0.1, -0.05) is 24.3 Å². The maximum atomic E-state index is 12.6. The molecule has 8 nitrogen and oxygen atoms in total. The van der Waals surface area contributed by atoms with Crippen molar-refractivity contribution in [1.82, 2.24) is 19.3 Å². The lowest BCUT2D eigenvalue weighted by molar-refractivity contribution is -0.606. The Hall–Kier alpha value is -3.94. The molecule has 2 heterocycles. The molecular formula is C19H16N6O2. The molecule has 0 spiro atoms. The zero-order chi connectivity index (χ0) is 18.8. The topological polar surface area (TPSA) is 91.7 Å². The van der Waals surface area contributed by atoms with E-state index in [9.17, 15) is 10.0 Å². The highest BCUT2D eigenvalue weighted by atomic mass is 16.5. The van der Waals surface area contributed by atoms with Crippen LogP contribution in [0.5, 0.6) is 0 Å². The van der Waals surface area contributed by atoms with E-state index in [1.807, 2.05) is 42.5 Å². The predicted molar refractivity (Wildman–Crippen MR) is 98.8 cm³/mol. The van der Waals surface area contributed by atoms with E-state index in [0.717, 1.165) is 11.4 Å². The van der Waals surface area contributed by atoms with E-state index in [1.54, 1.807) is 40.8 Å². The van der Waals surface area contributed by atoms with Crippen molar-refractivity contribution in [3.8, 4) is 11.4 Å². The summed E-state index contributed by atoms with van der Waals surface area (Å²) in [5.41, 5.74) is 2.82. The van der Waals surface area contributed by atoms with Crippen LogP contribution in [0.1, 0.15) is 16.2 Å². The van der Waals surface area contributed by atoms with E-state index >= 15 is 0 Å². The van der Waals surface area contributed by atoms with Gasteiger partial charge in [-0.3, -0.25) is 9.36 Å². The highest BCUT2D eigenvalue weighted by Gasteiger charge is 2.24. The second-order valence-electron chi connectivity index (χ2n) is 5.95. The Bertz CT molecular complexity index is 1090. The number of hydrogen-bond acceptors (Lipinski definition) is 4. The lowest BCUT2D eigenvalue weighted by Gasteiger charge is -2.05. The van der Waals surface area contributed by atoms with Crippen molar-refractivity contribution in [3.05, 3.63) is 90.2 Å². The molecule has 0 saturated carbocycles. The second kappa shape index (κ2) is 6.75. The zero-order valence-electron chi connectivity index (χ0n) is 14.5. The summed E-state index contributed by atoms with van der Waals surface area (Å²) in [6.07, 6.45) is 4.53. The molecule has 0 bridgehead atoms. The lowest BCUT2D eigenvalue weighted by atomic mass is 10.2. The van der Waals surface area contributed by atoms with Gasteiger partial charge in [0.05, 0.1) is 5.69 Å². The highest BCUT2D eigenvalue weighted by molar-refractivity contribution is 6.02. The van der Waals surface area contributed by atoms with Gasteiger partial charge in [0.15, 0.2) is 5.69 Å². The third kappa shape index (κ3) is 3.15. The maximum absolute atomic E-state index is 12.6. The monoisotopic (exact) mass is 360 g/mol. The van der Waals surface area contributed by atoms with Gasteiger partial charge >= 0.3 is 0 Å². The molecule has 2 aromatic carbocycles. The molecule has 0 unspecified atom stereocenters. The van der Waals surface area contributed by atoms with Gasteiger partial charge in [-0.15, -0.1) is 10.2 Å². The summed E-state index contributed by atoms with van der Waals surface area (Å²) in [6.45, 7) is 1.74. The summed E-state index contributed by atoms with van der Waals surface area (Å²) in [4.78, 5) is 12.6. The third-order valence-electron chi connectivity index (χ3n) is 4.22. The third-order valence-corrected chi connectivity index (χ3v) is 4.22. The Labute approximate surface area is 154 Å². The van der Waals surface area contributed by atoms with Crippen LogP contribution >= 0.6 is 0 Å². The van der Waals surface area contributed by atoms with E-state index in [4.69, 9.17) is 0 Å². The van der Waals surface area contributed by atoms with Crippen LogP contribution < -0.4 is 10.0 Å². The van der Waals surface area contributed by atoms with Crippen molar-refractivity contribution in [3.63, 3.8) is 0 Å². The average Bonchev–Trinajstić information content (AvgIpc) is 3.31. The predicted octanol–water partition coefficient (Wildman–Crippen LogP) is 2.25. The quantitative estimate of drug-likeness (QED) is 0.446. The fourth-order valence-corrected chi connectivity index (χ4v) is 2.90. The molecular weight excluding hydrogens is 344 g/mol. The molecule has 8 heteroatoms. The summed E-state index contributed by atoms with van der Waals surface area (Å²) in [5.74, 6) is -0.456. The number of anilines is 1. The number of nitrogens with one attached hydrogen (secondary N) is 1. The van der Waals surface area contributed by atoms with Gasteiger partial charge in [-0.05, 0) is 24.3 Å². The molecule has 2 aromatic heterocycles. The number of amides is 1. The smallest absolute Gasteiger partial charge is 0.300 e. The normalized spacial score (nSPS) is 10.7. The Kier molecular flexibility index (Phi) is 4.13. The molecule has 1 N–H and O–H groups in total. The minimum absolute atomic E-state index is 0.0496. The van der Waals surface area contributed by atoms with Gasteiger partial charge in [0.25, 0.3) is 12.2 Å². The van der Waals surface area contributed by atoms with Crippen LogP contribution in [0.4, 0.5) is 5.69 Å². The number of hydrogen-bond donors (Lipinski definition) is 1. The van der Waals surface area contributed by atoms with Crippen LogP contribution in [0.25, 0.3) is 11.4 Å². The number of carbonyl (C=O) groups excluding carboxylic acids is 1. The van der Waals surface area contributed by atoms with Crippen molar-refractivity contribution in [1.29, 1.82) is 0 Å². The fourth-order valence-electron chi connectivity index (χ4n) is 2.90. The maximum Gasteiger partial charge on any atom is 0.300 e. The number of imidazole rings is 1. The standard InChI is InChI=1S/C19H16N6O2/c1-14-18(19(26)22-15-6-3-2-4-7-15)25(27)13-24(14)17-9-5-8-16(10-17)23-11-20-21-12-23/h2-13H,1H3,(H,22,26). The van der Waals surface area contributed by atoms with Crippen LogP contribution in [0.15, 0.2) is 73.6 Å². The zero-order valence-corrected chi connectivity index (χ0v) is 14.5. The molecule has 134 valence electrons. The molecule has 0 saturated heterocycles. The minimum Gasteiger partial charge on any atom is -0.710 e. The number of para-hydroxylation sites is 1. The van der Waals surface area contributed by atoms with Crippen molar-refractivity contribution >= 4 is 11.6 Å². The summed E-state index contributed by atoms with van der Waals surface area (Å²) < 4.78 is 4.02. The molecule has 0 aliphatic carbocycles. The summed E-state index contributed by atoms with van der Waals surface area (Å²) >= 11 is 0. The van der Waals surface area contributed by atoms with E-state index in [1.165, 1.54) is 6.33 Å². The van der Waals surface area contributed by atoms with E-state index in [0.29, 0.717) is 16.1 Å². The van der Waals surface area contributed by atoms with Crippen LogP contribution in [0.2, 0.25) is 0 Å². The van der Waals surface area contributed by atoms with Crippen LogP contribution in [-0.2, 0) is 0 Å². The van der Waals surface area contributed by atoms with Gasteiger partial charge in [-0.25, -0.2) is 4.73 Å². The summed E-state index contributed by atoms with van der Waals surface area (Å²) in [5, 5.41) is 22.7. The first-order valence-corrected chi connectivity index (χ1v) is 8.26. The Morgan fingerprint density at radius 3 is 2.48 bits per heavy atom. The lowest BCUT2D eigenvalue weighted by Crippen LogP contribution is -2.34. The van der Waals surface area contributed by atoms with Gasteiger partial charge in [-0.2, -0.15) is 4.57 Å².